The lowest BCUT2D eigenvalue weighted by molar-refractivity contribution is -0.118. The Hall–Kier alpha value is -1.88. The van der Waals surface area contributed by atoms with Gasteiger partial charge in [0.05, 0.1) is 5.56 Å². The highest BCUT2D eigenvalue weighted by atomic mass is 16.4. The molecular weight excluding hydrogens is 256 g/mol. The molecule has 20 heavy (non-hydrogen) atoms. The first-order chi connectivity index (χ1) is 9.63. The van der Waals surface area contributed by atoms with Crippen LogP contribution in [0.1, 0.15) is 35.7 Å². The van der Waals surface area contributed by atoms with Gasteiger partial charge in [-0.05, 0) is 43.1 Å². The molecule has 0 spiro atoms. The molecule has 0 aromatic heterocycles. The number of amides is 1. The van der Waals surface area contributed by atoms with E-state index in [1.165, 1.54) is 0 Å². The molecule has 2 N–H and O–H groups in total. The number of nitrogens with zero attached hydrogens (tertiary/aromatic N) is 1. The van der Waals surface area contributed by atoms with Gasteiger partial charge in [0.2, 0.25) is 5.91 Å². The van der Waals surface area contributed by atoms with Crippen molar-refractivity contribution in [1.29, 1.82) is 0 Å². The first-order valence-electron chi connectivity index (χ1n) is 7.00. The fourth-order valence-electron chi connectivity index (χ4n) is 2.50. The average Bonchev–Trinajstić information content (AvgIpc) is 2.46. The van der Waals surface area contributed by atoms with E-state index < -0.39 is 5.97 Å². The fourth-order valence-corrected chi connectivity index (χ4v) is 2.50. The Balaban J connectivity index is 2.15. The van der Waals surface area contributed by atoms with Gasteiger partial charge in [0.15, 0.2) is 0 Å². The van der Waals surface area contributed by atoms with Crippen LogP contribution in [0, 0.1) is 0 Å². The number of hydrogen-bond acceptors (Lipinski definition) is 3. The third kappa shape index (κ3) is 3.17. The molecule has 0 unspecified atom stereocenters. The number of carbonyl (C=O) groups is 2. The summed E-state index contributed by atoms with van der Waals surface area (Å²) in [5.41, 5.74) is 2.10. The van der Waals surface area contributed by atoms with Crippen molar-refractivity contribution in [2.75, 3.05) is 24.5 Å². The predicted octanol–water partition coefficient (Wildman–Crippen LogP) is 1.66. The monoisotopic (exact) mass is 276 g/mol. The number of benzene rings is 1. The molecule has 108 valence electrons. The number of carboxylic acid groups (broad SMARTS) is 1. The van der Waals surface area contributed by atoms with Crippen LogP contribution in [-0.2, 0) is 11.2 Å². The second kappa shape index (κ2) is 6.52. The minimum atomic E-state index is -0.927. The molecule has 1 heterocycles. The summed E-state index contributed by atoms with van der Waals surface area (Å²) >= 11 is 0. The average molecular weight is 276 g/mol. The second-order valence-corrected chi connectivity index (χ2v) is 4.90. The standard InChI is InChI=1S/C15H20N2O3/c1-2-16-8-7-14(18)17-9-3-4-11-10-12(15(19)20)5-6-13(11)17/h5-6,10,16H,2-4,7-9H2,1H3,(H,19,20). The van der Waals surface area contributed by atoms with Crippen molar-refractivity contribution < 1.29 is 14.7 Å². The molecule has 5 nitrogen and oxygen atoms in total. The molecule has 1 aliphatic rings. The molecule has 1 amide bonds. The van der Waals surface area contributed by atoms with Crippen LogP contribution in [-0.4, -0.2) is 36.6 Å². The number of aromatic carboxylic acids is 1. The number of aryl methyl sites for hydroxylation is 1. The van der Waals surface area contributed by atoms with Crippen LogP contribution < -0.4 is 10.2 Å². The van der Waals surface area contributed by atoms with Crippen LogP contribution in [0.3, 0.4) is 0 Å². The van der Waals surface area contributed by atoms with E-state index in [4.69, 9.17) is 5.11 Å². The molecule has 0 saturated carbocycles. The fraction of sp³-hybridized carbons (Fsp3) is 0.467. The van der Waals surface area contributed by atoms with Crippen molar-refractivity contribution in [3.05, 3.63) is 29.3 Å². The molecule has 1 aromatic rings. The van der Waals surface area contributed by atoms with E-state index in [0.717, 1.165) is 30.6 Å². The van der Waals surface area contributed by atoms with Gasteiger partial charge in [0, 0.05) is 25.2 Å². The Bertz CT molecular complexity index is 514. The Morgan fingerprint density at radius 1 is 1.40 bits per heavy atom. The summed E-state index contributed by atoms with van der Waals surface area (Å²) in [7, 11) is 0. The molecule has 0 atom stereocenters. The molecule has 0 aliphatic carbocycles. The van der Waals surface area contributed by atoms with Gasteiger partial charge in [0.25, 0.3) is 0 Å². The van der Waals surface area contributed by atoms with E-state index in [-0.39, 0.29) is 11.5 Å². The van der Waals surface area contributed by atoms with E-state index in [0.29, 0.717) is 19.5 Å². The first kappa shape index (κ1) is 14.5. The van der Waals surface area contributed by atoms with Crippen molar-refractivity contribution in [2.45, 2.75) is 26.2 Å². The maximum Gasteiger partial charge on any atom is 0.335 e. The SMILES string of the molecule is CCNCCC(=O)N1CCCc2cc(C(=O)O)ccc21. The number of carbonyl (C=O) groups excluding carboxylic acids is 1. The Morgan fingerprint density at radius 2 is 2.20 bits per heavy atom. The summed E-state index contributed by atoms with van der Waals surface area (Å²) in [5.74, 6) is -0.835. The number of hydrogen-bond donors (Lipinski definition) is 2. The molecule has 0 bridgehead atoms. The molecule has 5 heteroatoms. The Labute approximate surface area is 118 Å². The maximum absolute atomic E-state index is 12.2. The first-order valence-corrected chi connectivity index (χ1v) is 7.00. The van der Waals surface area contributed by atoms with Gasteiger partial charge in [-0.2, -0.15) is 0 Å². The van der Waals surface area contributed by atoms with Crippen LogP contribution in [0.15, 0.2) is 18.2 Å². The molecule has 1 aliphatic heterocycles. The van der Waals surface area contributed by atoms with Crippen molar-refractivity contribution in [3.8, 4) is 0 Å². The van der Waals surface area contributed by atoms with E-state index >= 15 is 0 Å². The zero-order chi connectivity index (χ0) is 14.5. The smallest absolute Gasteiger partial charge is 0.335 e. The lowest BCUT2D eigenvalue weighted by atomic mass is 9.99. The largest absolute Gasteiger partial charge is 0.478 e. The van der Waals surface area contributed by atoms with E-state index in [2.05, 4.69) is 5.32 Å². The molecule has 0 fully saturated rings. The number of carboxylic acids is 1. The van der Waals surface area contributed by atoms with Crippen LogP contribution in [0.4, 0.5) is 5.69 Å². The number of anilines is 1. The molecule has 0 radical (unpaired) electrons. The van der Waals surface area contributed by atoms with Crippen LogP contribution in [0.25, 0.3) is 0 Å². The quantitative estimate of drug-likeness (QED) is 0.803. The highest BCUT2D eigenvalue weighted by Crippen LogP contribution is 2.28. The van der Waals surface area contributed by atoms with Gasteiger partial charge in [0.1, 0.15) is 0 Å². The predicted molar refractivity (Wildman–Crippen MR) is 77.2 cm³/mol. The van der Waals surface area contributed by atoms with Gasteiger partial charge in [-0.3, -0.25) is 4.79 Å². The lowest BCUT2D eigenvalue weighted by Crippen LogP contribution is -2.37. The lowest BCUT2D eigenvalue weighted by Gasteiger charge is -2.29. The van der Waals surface area contributed by atoms with Crippen molar-refractivity contribution in [2.24, 2.45) is 0 Å². The summed E-state index contributed by atoms with van der Waals surface area (Å²) in [4.78, 5) is 25.0. The summed E-state index contributed by atoms with van der Waals surface area (Å²) in [6.07, 6.45) is 2.17. The number of rotatable bonds is 5. The minimum Gasteiger partial charge on any atom is -0.478 e. The Kier molecular flexibility index (Phi) is 4.74. The van der Waals surface area contributed by atoms with Gasteiger partial charge in [-0.15, -0.1) is 0 Å². The maximum atomic E-state index is 12.2. The van der Waals surface area contributed by atoms with Gasteiger partial charge in [-0.25, -0.2) is 4.79 Å². The van der Waals surface area contributed by atoms with E-state index in [9.17, 15) is 9.59 Å². The third-order valence-electron chi connectivity index (χ3n) is 3.51. The molecular formula is C15H20N2O3. The van der Waals surface area contributed by atoms with Gasteiger partial charge >= 0.3 is 5.97 Å². The minimum absolute atomic E-state index is 0.0926. The molecule has 0 saturated heterocycles. The van der Waals surface area contributed by atoms with Gasteiger partial charge in [-0.1, -0.05) is 6.92 Å². The highest BCUT2D eigenvalue weighted by molar-refractivity contribution is 5.96. The van der Waals surface area contributed by atoms with Crippen molar-refractivity contribution in [3.63, 3.8) is 0 Å². The Morgan fingerprint density at radius 3 is 2.90 bits per heavy atom. The van der Waals surface area contributed by atoms with Crippen LogP contribution in [0.2, 0.25) is 0 Å². The van der Waals surface area contributed by atoms with E-state index in [1.54, 1.807) is 23.1 Å². The summed E-state index contributed by atoms with van der Waals surface area (Å²) in [6.45, 7) is 4.25. The number of fused-ring (bicyclic) bond motifs is 1. The summed E-state index contributed by atoms with van der Waals surface area (Å²) < 4.78 is 0. The van der Waals surface area contributed by atoms with Gasteiger partial charge < -0.3 is 15.3 Å². The van der Waals surface area contributed by atoms with Crippen LogP contribution >= 0.6 is 0 Å². The topological polar surface area (TPSA) is 69.6 Å². The molecule has 1 aromatic carbocycles. The summed E-state index contributed by atoms with van der Waals surface area (Å²) in [6, 6.07) is 5.00. The summed E-state index contributed by atoms with van der Waals surface area (Å²) in [5, 5.41) is 12.2. The van der Waals surface area contributed by atoms with Crippen LogP contribution in [0.5, 0.6) is 0 Å². The normalized spacial score (nSPS) is 13.9. The van der Waals surface area contributed by atoms with Crippen molar-refractivity contribution >= 4 is 17.6 Å². The zero-order valence-electron chi connectivity index (χ0n) is 11.7. The third-order valence-corrected chi connectivity index (χ3v) is 3.51. The molecule has 2 rings (SSSR count). The number of nitrogens with one attached hydrogen (secondary N) is 1. The van der Waals surface area contributed by atoms with E-state index in [1.807, 2.05) is 6.92 Å². The highest BCUT2D eigenvalue weighted by Gasteiger charge is 2.22. The second-order valence-electron chi connectivity index (χ2n) is 4.90. The van der Waals surface area contributed by atoms with Crippen molar-refractivity contribution in [1.82, 2.24) is 5.32 Å². The zero-order valence-corrected chi connectivity index (χ0v) is 11.7.